The summed E-state index contributed by atoms with van der Waals surface area (Å²) in [5.41, 5.74) is 8.19. The summed E-state index contributed by atoms with van der Waals surface area (Å²) in [6.45, 7) is 3.90. The average Bonchev–Trinajstić information content (AvgIpc) is 2.40. The number of ether oxygens (including phenoxy) is 1. The fourth-order valence-corrected chi connectivity index (χ4v) is 2.13. The number of rotatable bonds is 8. The number of amides is 1. The summed E-state index contributed by atoms with van der Waals surface area (Å²) in [5.74, 6) is -0.0179. The van der Waals surface area contributed by atoms with Crippen LogP contribution in [0, 0.1) is 6.92 Å². The van der Waals surface area contributed by atoms with E-state index >= 15 is 0 Å². The first-order valence-corrected chi connectivity index (χ1v) is 6.81. The number of nitrogens with zero attached hydrogens (tertiary/aromatic N) is 1. The normalized spacial score (nSPS) is 12.4. The maximum Gasteiger partial charge on any atom is 0.234 e. The van der Waals surface area contributed by atoms with Gasteiger partial charge in [0, 0.05) is 26.2 Å². The number of aryl methyl sites for hydroxylation is 1. The molecule has 0 saturated carbocycles. The van der Waals surface area contributed by atoms with Crippen LogP contribution < -0.4 is 11.1 Å². The molecule has 1 atom stereocenters. The van der Waals surface area contributed by atoms with Gasteiger partial charge >= 0.3 is 0 Å². The van der Waals surface area contributed by atoms with Gasteiger partial charge in [0.25, 0.3) is 0 Å². The van der Waals surface area contributed by atoms with Crippen molar-refractivity contribution in [1.82, 2.24) is 10.2 Å². The second-order valence-electron chi connectivity index (χ2n) is 4.92. The zero-order valence-electron chi connectivity index (χ0n) is 12.6. The van der Waals surface area contributed by atoms with E-state index in [4.69, 9.17) is 10.5 Å². The van der Waals surface area contributed by atoms with Crippen LogP contribution in [0.1, 0.15) is 17.2 Å². The van der Waals surface area contributed by atoms with Crippen molar-refractivity contribution >= 4 is 5.91 Å². The van der Waals surface area contributed by atoms with Gasteiger partial charge in [-0.3, -0.25) is 9.69 Å². The molecule has 112 valence electrons. The molecule has 0 aliphatic carbocycles. The number of carbonyl (C=O) groups is 1. The molecular weight excluding hydrogens is 254 g/mol. The molecule has 3 N–H and O–H groups in total. The van der Waals surface area contributed by atoms with E-state index in [-0.39, 0.29) is 11.9 Å². The molecule has 1 amide bonds. The van der Waals surface area contributed by atoms with Gasteiger partial charge in [-0.05, 0) is 19.5 Å². The van der Waals surface area contributed by atoms with Crippen LogP contribution in [0.5, 0.6) is 0 Å². The summed E-state index contributed by atoms with van der Waals surface area (Å²) in [5, 5.41) is 2.81. The van der Waals surface area contributed by atoms with Crippen molar-refractivity contribution in [2.75, 3.05) is 40.4 Å². The van der Waals surface area contributed by atoms with Gasteiger partial charge in [0.2, 0.25) is 5.91 Å². The van der Waals surface area contributed by atoms with Crippen LogP contribution in [-0.2, 0) is 9.53 Å². The quantitative estimate of drug-likeness (QED) is 0.687. The van der Waals surface area contributed by atoms with Crippen molar-refractivity contribution in [3.63, 3.8) is 0 Å². The lowest BCUT2D eigenvalue weighted by Crippen LogP contribution is -2.40. The Morgan fingerprint density at radius 2 is 2.25 bits per heavy atom. The summed E-state index contributed by atoms with van der Waals surface area (Å²) in [7, 11) is 3.52. The third-order valence-electron chi connectivity index (χ3n) is 3.20. The van der Waals surface area contributed by atoms with Crippen molar-refractivity contribution in [2.24, 2.45) is 5.73 Å². The fraction of sp³-hybridized carbons (Fsp3) is 0.533. The lowest BCUT2D eigenvalue weighted by atomic mass is 10.0. The van der Waals surface area contributed by atoms with Gasteiger partial charge in [-0.2, -0.15) is 0 Å². The SMILES string of the molecule is COCCNC(=O)CN(C)C(CN)c1cccc(C)c1. The Kier molecular flexibility index (Phi) is 7.22. The van der Waals surface area contributed by atoms with Crippen LogP contribution in [-0.4, -0.2) is 51.2 Å². The second-order valence-corrected chi connectivity index (χ2v) is 4.92. The first-order chi connectivity index (χ1) is 9.58. The summed E-state index contributed by atoms with van der Waals surface area (Å²) in [4.78, 5) is 13.8. The Hall–Kier alpha value is -1.43. The number of likely N-dealkylation sites (N-methyl/N-ethyl adjacent to an activating group) is 1. The van der Waals surface area contributed by atoms with Crippen LogP contribution in [0.4, 0.5) is 0 Å². The first kappa shape index (κ1) is 16.6. The summed E-state index contributed by atoms with van der Waals surface area (Å²) < 4.78 is 4.90. The van der Waals surface area contributed by atoms with E-state index in [1.165, 1.54) is 5.56 Å². The molecule has 0 bridgehead atoms. The molecule has 0 fully saturated rings. The molecule has 0 radical (unpaired) electrons. The third-order valence-corrected chi connectivity index (χ3v) is 3.20. The molecule has 20 heavy (non-hydrogen) atoms. The van der Waals surface area contributed by atoms with E-state index in [0.717, 1.165) is 5.56 Å². The summed E-state index contributed by atoms with van der Waals surface area (Å²) in [6.07, 6.45) is 0. The third kappa shape index (κ3) is 5.28. The van der Waals surface area contributed by atoms with Crippen molar-refractivity contribution in [1.29, 1.82) is 0 Å². The minimum atomic E-state index is -0.0179. The topological polar surface area (TPSA) is 67.6 Å². The van der Waals surface area contributed by atoms with Gasteiger partial charge in [-0.25, -0.2) is 0 Å². The largest absolute Gasteiger partial charge is 0.383 e. The molecule has 5 heteroatoms. The van der Waals surface area contributed by atoms with E-state index in [2.05, 4.69) is 24.4 Å². The van der Waals surface area contributed by atoms with Gasteiger partial charge in [0.1, 0.15) is 0 Å². The zero-order valence-corrected chi connectivity index (χ0v) is 12.6. The first-order valence-electron chi connectivity index (χ1n) is 6.81. The minimum absolute atomic E-state index is 0.0179. The molecule has 1 rings (SSSR count). The van der Waals surface area contributed by atoms with E-state index in [1.54, 1.807) is 7.11 Å². The van der Waals surface area contributed by atoms with Gasteiger partial charge < -0.3 is 15.8 Å². The maximum absolute atomic E-state index is 11.8. The Bertz CT molecular complexity index is 423. The standard InChI is InChI=1S/C15H25N3O2/c1-12-5-4-6-13(9-12)14(10-16)18(2)11-15(19)17-7-8-20-3/h4-6,9,14H,7-8,10-11,16H2,1-3H3,(H,17,19). The highest BCUT2D eigenvalue weighted by Crippen LogP contribution is 2.18. The molecule has 0 heterocycles. The van der Waals surface area contributed by atoms with Crippen LogP contribution in [0.3, 0.4) is 0 Å². The zero-order chi connectivity index (χ0) is 15.0. The van der Waals surface area contributed by atoms with Crippen molar-refractivity contribution in [3.8, 4) is 0 Å². The van der Waals surface area contributed by atoms with E-state index in [0.29, 0.717) is 26.2 Å². The highest BCUT2D eigenvalue weighted by atomic mass is 16.5. The monoisotopic (exact) mass is 279 g/mol. The summed E-state index contributed by atoms with van der Waals surface area (Å²) in [6, 6.07) is 8.26. The van der Waals surface area contributed by atoms with E-state index in [9.17, 15) is 4.79 Å². The Morgan fingerprint density at radius 3 is 2.85 bits per heavy atom. The van der Waals surface area contributed by atoms with Crippen molar-refractivity contribution < 1.29 is 9.53 Å². The highest BCUT2D eigenvalue weighted by Gasteiger charge is 2.17. The van der Waals surface area contributed by atoms with Crippen LogP contribution >= 0.6 is 0 Å². The predicted molar refractivity (Wildman–Crippen MR) is 80.5 cm³/mol. The Morgan fingerprint density at radius 1 is 1.50 bits per heavy atom. The number of methoxy groups -OCH3 is 1. The van der Waals surface area contributed by atoms with Crippen LogP contribution in [0.25, 0.3) is 0 Å². The molecule has 5 nitrogen and oxygen atoms in total. The van der Waals surface area contributed by atoms with Crippen LogP contribution in [0.15, 0.2) is 24.3 Å². The van der Waals surface area contributed by atoms with Gasteiger partial charge in [0.15, 0.2) is 0 Å². The molecule has 0 aliphatic heterocycles. The molecular formula is C15H25N3O2. The van der Waals surface area contributed by atoms with Crippen molar-refractivity contribution in [2.45, 2.75) is 13.0 Å². The molecule has 0 spiro atoms. The van der Waals surface area contributed by atoms with E-state index < -0.39 is 0 Å². The highest BCUT2D eigenvalue weighted by molar-refractivity contribution is 5.78. The molecule has 0 aliphatic rings. The second kappa shape index (κ2) is 8.68. The van der Waals surface area contributed by atoms with Gasteiger partial charge in [-0.15, -0.1) is 0 Å². The number of nitrogens with one attached hydrogen (secondary N) is 1. The van der Waals surface area contributed by atoms with E-state index in [1.807, 2.05) is 24.1 Å². The maximum atomic E-state index is 11.8. The summed E-state index contributed by atoms with van der Waals surface area (Å²) >= 11 is 0. The Labute approximate surface area is 121 Å². The molecule has 1 aromatic carbocycles. The van der Waals surface area contributed by atoms with Crippen molar-refractivity contribution in [3.05, 3.63) is 35.4 Å². The number of hydrogen-bond donors (Lipinski definition) is 2. The Balaban J connectivity index is 2.59. The number of carbonyl (C=O) groups excluding carboxylic acids is 1. The average molecular weight is 279 g/mol. The fourth-order valence-electron chi connectivity index (χ4n) is 2.13. The molecule has 0 saturated heterocycles. The smallest absolute Gasteiger partial charge is 0.234 e. The lowest BCUT2D eigenvalue weighted by Gasteiger charge is -2.27. The molecule has 0 aromatic heterocycles. The number of hydrogen-bond acceptors (Lipinski definition) is 4. The number of benzene rings is 1. The van der Waals surface area contributed by atoms with Gasteiger partial charge in [-0.1, -0.05) is 29.8 Å². The van der Waals surface area contributed by atoms with Gasteiger partial charge in [0.05, 0.1) is 13.2 Å². The van der Waals surface area contributed by atoms with Crippen LogP contribution in [0.2, 0.25) is 0 Å². The molecule has 1 aromatic rings. The molecule has 1 unspecified atom stereocenters. The lowest BCUT2D eigenvalue weighted by molar-refractivity contribution is -0.122. The number of nitrogens with two attached hydrogens (primary N) is 1. The minimum Gasteiger partial charge on any atom is -0.383 e. The predicted octanol–water partition coefficient (Wildman–Crippen LogP) is 0.689.